The maximum Gasteiger partial charge on any atom is 0.227 e. The third kappa shape index (κ3) is 2.81. The molecule has 1 atom stereocenters. The van der Waals surface area contributed by atoms with Crippen LogP contribution < -0.4 is 5.32 Å². The quantitative estimate of drug-likeness (QED) is 0.911. The predicted octanol–water partition coefficient (Wildman–Crippen LogP) is 1.90. The van der Waals surface area contributed by atoms with Gasteiger partial charge in [-0.15, -0.1) is 0 Å². The highest BCUT2D eigenvalue weighted by Gasteiger charge is 2.18. The Labute approximate surface area is 112 Å². The number of hydrogen-bond donors (Lipinski definition) is 1. The van der Waals surface area contributed by atoms with Crippen molar-refractivity contribution in [3.05, 3.63) is 29.4 Å². The first-order chi connectivity index (χ1) is 9.20. The normalized spacial score (nSPS) is 18.9. The maximum absolute atomic E-state index is 5.35. The van der Waals surface area contributed by atoms with E-state index in [-0.39, 0.29) is 0 Å². The molecule has 1 fully saturated rings. The summed E-state index contributed by atoms with van der Waals surface area (Å²) in [7, 11) is 0. The Morgan fingerprint density at radius 3 is 2.74 bits per heavy atom. The molecule has 3 heterocycles. The zero-order valence-corrected chi connectivity index (χ0v) is 11.3. The van der Waals surface area contributed by atoms with Crippen molar-refractivity contribution in [1.82, 2.24) is 20.4 Å². The van der Waals surface area contributed by atoms with Crippen LogP contribution in [0, 0.1) is 19.8 Å². The van der Waals surface area contributed by atoms with E-state index in [2.05, 4.69) is 20.4 Å². The highest BCUT2D eigenvalue weighted by atomic mass is 16.5. The lowest BCUT2D eigenvalue weighted by Crippen LogP contribution is -2.10. The molecule has 1 N–H and O–H groups in total. The van der Waals surface area contributed by atoms with Gasteiger partial charge in [-0.1, -0.05) is 5.16 Å². The molecular formula is C14H18N4O. The van der Waals surface area contributed by atoms with Crippen molar-refractivity contribution in [3.63, 3.8) is 0 Å². The van der Waals surface area contributed by atoms with Crippen LogP contribution >= 0.6 is 0 Å². The number of pyridine rings is 1. The zero-order chi connectivity index (χ0) is 13.2. The van der Waals surface area contributed by atoms with E-state index >= 15 is 0 Å². The topological polar surface area (TPSA) is 63.8 Å². The van der Waals surface area contributed by atoms with Crippen molar-refractivity contribution in [2.45, 2.75) is 26.7 Å². The maximum atomic E-state index is 5.35. The first-order valence-corrected chi connectivity index (χ1v) is 6.69. The van der Waals surface area contributed by atoms with E-state index in [1.165, 1.54) is 6.42 Å². The van der Waals surface area contributed by atoms with E-state index in [9.17, 15) is 0 Å². The molecule has 0 amide bonds. The highest BCUT2D eigenvalue weighted by molar-refractivity contribution is 5.55. The highest BCUT2D eigenvalue weighted by Crippen LogP contribution is 2.20. The first kappa shape index (κ1) is 12.3. The van der Waals surface area contributed by atoms with E-state index in [1.54, 1.807) is 0 Å². The molecule has 5 heteroatoms. The van der Waals surface area contributed by atoms with Crippen LogP contribution in [0.4, 0.5) is 0 Å². The second kappa shape index (κ2) is 5.09. The predicted molar refractivity (Wildman–Crippen MR) is 71.7 cm³/mol. The molecule has 1 unspecified atom stereocenters. The standard InChI is InChI=1S/C14H18N4O/c1-9-5-12(6-10(2)16-9)14-17-13(19-18-14)7-11-3-4-15-8-11/h5-6,11,15H,3-4,7-8H2,1-2H3. The molecule has 0 bridgehead atoms. The van der Waals surface area contributed by atoms with Crippen molar-refractivity contribution in [1.29, 1.82) is 0 Å². The Kier molecular flexibility index (Phi) is 3.29. The van der Waals surface area contributed by atoms with Gasteiger partial charge >= 0.3 is 0 Å². The summed E-state index contributed by atoms with van der Waals surface area (Å²) in [4.78, 5) is 8.85. The molecule has 0 aromatic carbocycles. The summed E-state index contributed by atoms with van der Waals surface area (Å²) in [5, 5.41) is 7.42. The van der Waals surface area contributed by atoms with Gasteiger partial charge in [0.1, 0.15) is 0 Å². The first-order valence-electron chi connectivity index (χ1n) is 6.69. The largest absolute Gasteiger partial charge is 0.339 e. The molecule has 5 nitrogen and oxygen atoms in total. The summed E-state index contributed by atoms with van der Waals surface area (Å²) in [6.45, 7) is 6.09. The van der Waals surface area contributed by atoms with Gasteiger partial charge in [0, 0.05) is 23.4 Å². The minimum atomic E-state index is 0.620. The van der Waals surface area contributed by atoms with E-state index in [0.717, 1.165) is 42.4 Å². The van der Waals surface area contributed by atoms with Crippen LogP contribution in [0.1, 0.15) is 23.7 Å². The van der Waals surface area contributed by atoms with Gasteiger partial charge in [0.15, 0.2) is 0 Å². The number of rotatable bonds is 3. The third-order valence-corrected chi connectivity index (χ3v) is 3.43. The zero-order valence-electron chi connectivity index (χ0n) is 11.3. The Balaban J connectivity index is 1.79. The fourth-order valence-electron chi connectivity index (χ4n) is 2.55. The van der Waals surface area contributed by atoms with Crippen molar-refractivity contribution in [2.75, 3.05) is 13.1 Å². The molecule has 2 aromatic rings. The van der Waals surface area contributed by atoms with Crippen LogP contribution in [-0.4, -0.2) is 28.2 Å². The summed E-state index contributed by atoms with van der Waals surface area (Å²) in [5.74, 6) is 2.01. The molecule has 1 aliphatic rings. The Morgan fingerprint density at radius 1 is 1.26 bits per heavy atom. The molecule has 1 saturated heterocycles. The molecule has 1 aliphatic heterocycles. The Morgan fingerprint density at radius 2 is 2.05 bits per heavy atom. The average molecular weight is 258 g/mol. The molecule has 2 aromatic heterocycles. The molecule has 3 rings (SSSR count). The molecular weight excluding hydrogens is 240 g/mol. The second-order valence-corrected chi connectivity index (χ2v) is 5.21. The van der Waals surface area contributed by atoms with Gasteiger partial charge in [-0.25, -0.2) is 0 Å². The van der Waals surface area contributed by atoms with Crippen molar-refractivity contribution in [2.24, 2.45) is 5.92 Å². The Hall–Kier alpha value is -1.75. The van der Waals surface area contributed by atoms with E-state index in [1.807, 2.05) is 26.0 Å². The number of nitrogens with one attached hydrogen (secondary N) is 1. The van der Waals surface area contributed by atoms with Gasteiger partial charge in [0.2, 0.25) is 11.7 Å². The lowest BCUT2D eigenvalue weighted by atomic mass is 10.1. The minimum Gasteiger partial charge on any atom is -0.339 e. The van der Waals surface area contributed by atoms with Gasteiger partial charge in [0.25, 0.3) is 0 Å². The van der Waals surface area contributed by atoms with Crippen molar-refractivity contribution in [3.8, 4) is 11.4 Å². The Bertz CT molecular complexity index is 552. The molecule has 0 aliphatic carbocycles. The fraction of sp³-hybridized carbons (Fsp3) is 0.500. The van der Waals surface area contributed by atoms with Gasteiger partial charge < -0.3 is 9.84 Å². The summed E-state index contributed by atoms with van der Waals surface area (Å²) in [6, 6.07) is 3.97. The molecule has 0 radical (unpaired) electrons. The second-order valence-electron chi connectivity index (χ2n) is 5.21. The SMILES string of the molecule is Cc1cc(-c2noc(CC3CCNC3)n2)cc(C)n1. The van der Waals surface area contributed by atoms with Crippen LogP contribution in [0.2, 0.25) is 0 Å². The van der Waals surface area contributed by atoms with Crippen LogP contribution in [0.3, 0.4) is 0 Å². The van der Waals surface area contributed by atoms with E-state index in [0.29, 0.717) is 11.7 Å². The van der Waals surface area contributed by atoms with Gasteiger partial charge in [-0.3, -0.25) is 4.98 Å². The van der Waals surface area contributed by atoms with Crippen LogP contribution in [0.5, 0.6) is 0 Å². The number of aromatic nitrogens is 3. The molecule has 0 spiro atoms. The van der Waals surface area contributed by atoms with Gasteiger partial charge in [0.05, 0.1) is 0 Å². The van der Waals surface area contributed by atoms with E-state index < -0.39 is 0 Å². The lowest BCUT2D eigenvalue weighted by Gasteiger charge is -2.02. The van der Waals surface area contributed by atoms with Gasteiger partial charge in [-0.2, -0.15) is 4.98 Å². The van der Waals surface area contributed by atoms with Crippen LogP contribution in [0.15, 0.2) is 16.7 Å². The van der Waals surface area contributed by atoms with Crippen molar-refractivity contribution >= 4 is 0 Å². The molecule has 0 saturated carbocycles. The third-order valence-electron chi connectivity index (χ3n) is 3.43. The smallest absolute Gasteiger partial charge is 0.227 e. The summed E-state index contributed by atoms with van der Waals surface area (Å²) in [6.07, 6.45) is 2.05. The number of aryl methyl sites for hydroxylation is 2. The van der Waals surface area contributed by atoms with E-state index in [4.69, 9.17) is 4.52 Å². The van der Waals surface area contributed by atoms with Gasteiger partial charge in [-0.05, 0) is 51.4 Å². The van der Waals surface area contributed by atoms with Crippen LogP contribution in [-0.2, 0) is 6.42 Å². The summed E-state index contributed by atoms with van der Waals surface area (Å²) < 4.78 is 5.35. The summed E-state index contributed by atoms with van der Waals surface area (Å²) in [5.41, 5.74) is 2.92. The minimum absolute atomic E-state index is 0.620. The van der Waals surface area contributed by atoms with Crippen LogP contribution in [0.25, 0.3) is 11.4 Å². The summed E-state index contributed by atoms with van der Waals surface area (Å²) >= 11 is 0. The number of nitrogens with zero attached hydrogens (tertiary/aromatic N) is 3. The van der Waals surface area contributed by atoms with Crippen molar-refractivity contribution < 1.29 is 4.52 Å². The monoisotopic (exact) mass is 258 g/mol. The molecule has 100 valence electrons. The lowest BCUT2D eigenvalue weighted by molar-refractivity contribution is 0.358. The average Bonchev–Trinajstić information content (AvgIpc) is 2.99. The molecule has 19 heavy (non-hydrogen) atoms. The number of hydrogen-bond acceptors (Lipinski definition) is 5. The fourth-order valence-corrected chi connectivity index (χ4v) is 2.55.